The molecular weight excluding hydrogens is 272 g/mol. The van der Waals surface area contributed by atoms with Gasteiger partial charge in [0.2, 0.25) is 16.1 Å². The highest BCUT2D eigenvalue weighted by atomic mass is 79.9. The fraction of sp³-hybridized carbons (Fsp3) is 0. The molecule has 0 bridgehead atoms. The molecule has 0 aliphatic rings. The molecule has 0 fully saturated rings. The van der Waals surface area contributed by atoms with E-state index < -0.39 is 10.0 Å². The van der Waals surface area contributed by atoms with Crippen LogP contribution in [0.3, 0.4) is 0 Å². The number of nitrogens with two attached hydrogens (primary N) is 1. The van der Waals surface area contributed by atoms with E-state index in [9.17, 15) is 13.2 Å². The van der Waals surface area contributed by atoms with Gasteiger partial charge in [0.25, 0.3) is 0 Å². The number of halogens is 1. The number of carbonyl (C=O) groups excluding carboxylic acids is 1. The SMILES string of the molecule is NS(=O)(=O)c1cccc(Br)c1N=C=O. The number of isocyanates is 1. The van der Waals surface area contributed by atoms with Gasteiger partial charge in [-0.1, -0.05) is 6.07 Å². The van der Waals surface area contributed by atoms with E-state index in [0.717, 1.165) is 0 Å². The molecule has 0 radical (unpaired) electrons. The molecule has 0 spiro atoms. The molecule has 74 valence electrons. The molecular formula is C7H5BrN2O3S. The average Bonchev–Trinajstić information content (AvgIpc) is 2.07. The summed E-state index contributed by atoms with van der Waals surface area (Å²) in [7, 11) is -3.88. The summed E-state index contributed by atoms with van der Waals surface area (Å²) in [5.41, 5.74) is -0.0370. The van der Waals surface area contributed by atoms with Crippen molar-refractivity contribution >= 4 is 37.7 Å². The molecule has 0 aliphatic heterocycles. The van der Waals surface area contributed by atoms with Crippen molar-refractivity contribution in [3.05, 3.63) is 22.7 Å². The monoisotopic (exact) mass is 276 g/mol. The Morgan fingerprint density at radius 1 is 1.43 bits per heavy atom. The summed E-state index contributed by atoms with van der Waals surface area (Å²) in [4.78, 5) is 13.1. The molecule has 1 rings (SSSR count). The van der Waals surface area contributed by atoms with Crippen LogP contribution in [-0.4, -0.2) is 14.5 Å². The van der Waals surface area contributed by atoms with Crippen molar-refractivity contribution < 1.29 is 13.2 Å². The predicted molar refractivity (Wildman–Crippen MR) is 53.3 cm³/mol. The van der Waals surface area contributed by atoms with Crippen molar-refractivity contribution in [1.29, 1.82) is 0 Å². The fourth-order valence-corrected chi connectivity index (χ4v) is 2.16. The highest BCUT2D eigenvalue weighted by Crippen LogP contribution is 2.31. The predicted octanol–water partition coefficient (Wildman–Crippen LogP) is 1.06. The quantitative estimate of drug-likeness (QED) is 0.647. The maximum Gasteiger partial charge on any atom is 0.240 e. The lowest BCUT2D eigenvalue weighted by Gasteiger charge is -2.02. The van der Waals surface area contributed by atoms with Crippen LogP contribution in [0, 0.1) is 0 Å². The number of primary sulfonamides is 1. The summed E-state index contributed by atoms with van der Waals surface area (Å²) in [5, 5.41) is 4.92. The molecule has 14 heavy (non-hydrogen) atoms. The zero-order valence-electron chi connectivity index (χ0n) is 6.77. The summed E-state index contributed by atoms with van der Waals surface area (Å²) < 4.78 is 22.5. The van der Waals surface area contributed by atoms with Crippen LogP contribution in [0.5, 0.6) is 0 Å². The fourth-order valence-electron chi connectivity index (χ4n) is 0.879. The topological polar surface area (TPSA) is 89.6 Å². The Kier molecular flexibility index (Phi) is 3.17. The lowest BCUT2D eigenvalue weighted by molar-refractivity contribution is 0.565. The Hall–Kier alpha value is -1.01. The van der Waals surface area contributed by atoms with Gasteiger partial charge in [-0.05, 0) is 28.1 Å². The molecule has 1 aromatic carbocycles. The normalized spacial score (nSPS) is 10.7. The van der Waals surface area contributed by atoms with Gasteiger partial charge in [0, 0.05) is 4.47 Å². The zero-order chi connectivity index (χ0) is 10.8. The van der Waals surface area contributed by atoms with Crippen LogP contribution in [0.25, 0.3) is 0 Å². The first-order valence-corrected chi connectivity index (χ1v) is 5.70. The maximum absolute atomic E-state index is 11.0. The number of aliphatic imine (C=N–C) groups is 1. The van der Waals surface area contributed by atoms with Gasteiger partial charge in [-0.15, -0.1) is 0 Å². The summed E-state index contributed by atoms with van der Waals surface area (Å²) in [5.74, 6) is 0. The Morgan fingerprint density at radius 3 is 2.57 bits per heavy atom. The van der Waals surface area contributed by atoms with E-state index in [1.54, 1.807) is 6.07 Å². The summed E-state index contributed by atoms with van der Waals surface area (Å²) in [6.45, 7) is 0. The number of benzene rings is 1. The first-order chi connectivity index (χ1) is 6.46. The number of sulfonamides is 1. The smallest absolute Gasteiger partial charge is 0.225 e. The minimum atomic E-state index is -3.88. The minimum absolute atomic E-state index is 0.0370. The van der Waals surface area contributed by atoms with Crippen LogP contribution < -0.4 is 5.14 Å². The lowest BCUT2D eigenvalue weighted by Crippen LogP contribution is -2.12. The third-order valence-electron chi connectivity index (χ3n) is 1.41. The molecule has 0 amide bonds. The van der Waals surface area contributed by atoms with Crippen molar-refractivity contribution in [2.24, 2.45) is 10.1 Å². The molecule has 7 heteroatoms. The van der Waals surface area contributed by atoms with Gasteiger partial charge in [0.05, 0.1) is 0 Å². The molecule has 0 aliphatic carbocycles. The molecule has 0 aromatic heterocycles. The van der Waals surface area contributed by atoms with E-state index in [0.29, 0.717) is 4.47 Å². The largest absolute Gasteiger partial charge is 0.240 e. The Bertz CT molecular complexity index is 506. The second-order valence-electron chi connectivity index (χ2n) is 2.33. The molecule has 1 aromatic rings. The maximum atomic E-state index is 11.0. The third-order valence-corrected chi connectivity index (χ3v) is 3.00. The zero-order valence-corrected chi connectivity index (χ0v) is 9.17. The number of hydrogen-bond acceptors (Lipinski definition) is 4. The van der Waals surface area contributed by atoms with Crippen LogP contribution in [0.4, 0.5) is 5.69 Å². The van der Waals surface area contributed by atoms with Crippen LogP contribution in [-0.2, 0) is 14.8 Å². The van der Waals surface area contributed by atoms with Crippen molar-refractivity contribution in [3.63, 3.8) is 0 Å². The first kappa shape index (κ1) is 11.1. The van der Waals surface area contributed by atoms with E-state index in [1.165, 1.54) is 18.2 Å². The molecule has 0 atom stereocenters. The van der Waals surface area contributed by atoms with Crippen LogP contribution in [0.2, 0.25) is 0 Å². The lowest BCUT2D eigenvalue weighted by atomic mass is 10.3. The molecule has 0 saturated carbocycles. The van der Waals surface area contributed by atoms with Crippen LogP contribution >= 0.6 is 15.9 Å². The van der Waals surface area contributed by atoms with E-state index in [2.05, 4.69) is 20.9 Å². The van der Waals surface area contributed by atoms with Gasteiger partial charge in [0.1, 0.15) is 10.6 Å². The molecule has 0 heterocycles. The van der Waals surface area contributed by atoms with Crippen LogP contribution in [0.15, 0.2) is 32.6 Å². The molecule has 2 N–H and O–H groups in total. The van der Waals surface area contributed by atoms with Crippen molar-refractivity contribution in [1.82, 2.24) is 0 Å². The number of nitrogens with zero attached hydrogens (tertiary/aromatic N) is 1. The van der Waals surface area contributed by atoms with Crippen LogP contribution in [0.1, 0.15) is 0 Å². The molecule has 0 saturated heterocycles. The summed E-state index contributed by atoms with van der Waals surface area (Å²) in [6.07, 6.45) is 1.26. The number of hydrogen-bond donors (Lipinski definition) is 1. The van der Waals surface area contributed by atoms with E-state index >= 15 is 0 Å². The van der Waals surface area contributed by atoms with Gasteiger partial charge < -0.3 is 0 Å². The van der Waals surface area contributed by atoms with Gasteiger partial charge in [-0.3, -0.25) is 0 Å². The Balaban J connectivity index is 3.60. The van der Waals surface area contributed by atoms with E-state index in [1.807, 2.05) is 0 Å². The van der Waals surface area contributed by atoms with E-state index in [4.69, 9.17) is 5.14 Å². The minimum Gasteiger partial charge on any atom is -0.225 e. The third kappa shape index (κ3) is 2.27. The van der Waals surface area contributed by atoms with Gasteiger partial charge in [-0.2, -0.15) is 4.99 Å². The van der Waals surface area contributed by atoms with Crippen molar-refractivity contribution in [2.75, 3.05) is 0 Å². The number of rotatable bonds is 2. The highest BCUT2D eigenvalue weighted by Gasteiger charge is 2.15. The van der Waals surface area contributed by atoms with Gasteiger partial charge in [-0.25, -0.2) is 18.4 Å². The van der Waals surface area contributed by atoms with Crippen molar-refractivity contribution in [2.45, 2.75) is 4.90 Å². The Morgan fingerprint density at radius 2 is 2.07 bits per heavy atom. The van der Waals surface area contributed by atoms with Gasteiger partial charge in [0.15, 0.2) is 0 Å². The summed E-state index contributed by atoms with van der Waals surface area (Å²) in [6, 6.07) is 4.29. The second-order valence-corrected chi connectivity index (χ2v) is 4.72. The highest BCUT2D eigenvalue weighted by molar-refractivity contribution is 9.10. The standard InChI is InChI=1S/C7H5BrN2O3S/c8-5-2-1-3-6(14(9,12)13)7(5)10-4-11/h1-3H,(H2,9,12,13). The second kappa shape index (κ2) is 4.02. The Labute approximate surface area is 88.8 Å². The van der Waals surface area contributed by atoms with E-state index in [-0.39, 0.29) is 10.6 Å². The molecule has 5 nitrogen and oxygen atoms in total. The number of para-hydroxylation sites is 1. The summed E-state index contributed by atoms with van der Waals surface area (Å²) >= 11 is 3.05. The molecule has 0 unspecified atom stereocenters. The van der Waals surface area contributed by atoms with Crippen molar-refractivity contribution in [3.8, 4) is 0 Å². The average molecular weight is 277 g/mol. The van der Waals surface area contributed by atoms with Gasteiger partial charge >= 0.3 is 0 Å². The first-order valence-electron chi connectivity index (χ1n) is 3.36.